The van der Waals surface area contributed by atoms with E-state index in [0.717, 1.165) is 12.8 Å². The standard InChI is InChI=1S/C20H32O/c1-15(2)14-20(11-5-6-12-20)19(21)13-17-7-9-18(10-8-17)16(3)4/h7-10,15-16,19,21H,5-6,11-14H2,1-4H3. The largest absolute Gasteiger partial charge is 0.392 e. The molecule has 0 saturated heterocycles. The Morgan fingerprint density at radius 1 is 1.00 bits per heavy atom. The Kier molecular flexibility index (Phi) is 5.48. The molecule has 0 amide bonds. The fourth-order valence-corrected chi connectivity index (χ4v) is 4.04. The Morgan fingerprint density at radius 2 is 1.57 bits per heavy atom. The first-order valence-corrected chi connectivity index (χ1v) is 8.70. The molecule has 2 rings (SSSR count). The van der Waals surface area contributed by atoms with E-state index in [1.54, 1.807) is 0 Å². The van der Waals surface area contributed by atoms with Crippen LogP contribution in [0.3, 0.4) is 0 Å². The molecular formula is C20H32O. The highest BCUT2D eigenvalue weighted by Crippen LogP contribution is 2.46. The van der Waals surface area contributed by atoms with Gasteiger partial charge >= 0.3 is 0 Å². The van der Waals surface area contributed by atoms with E-state index in [0.29, 0.717) is 11.8 Å². The van der Waals surface area contributed by atoms with Gasteiger partial charge in [-0.1, -0.05) is 64.8 Å². The molecule has 1 N–H and O–H groups in total. The van der Waals surface area contributed by atoms with Crippen LogP contribution in [0.25, 0.3) is 0 Å². The van der Waals surface area contributed by atoms with Gasteiger partial charge in [-0.05, 0) is 54.1 Å². The summed E-state index contributed by atoms with van der Waals surface area (Å²) in [6, 6.07) is 8.85. The smallest absolute Gasteiger partial charge is 0.0636 e. The van der Waals surface area contributed by atoms with Crippen LogP contribution in [0.5, 0.6) is 0 Å². The maximum absolute atomic E-state index is 10.9. The van der Waals surface area contributed by atoms with Gasteiger partial charge in [-0.25, -0.2) is 0 Å². The van der Waals surface area contributed by atoms with Gasteiger partial charge in [0.15, 0.2) is 0 Å². The summed E-state index contributed by atoms with van der Waals surface area (Å²) in [7, 11) is 0. The molecule has 1 atom stereocenters. The predicted octanol–water partition coefficient (Wildman–Crippen LogP) is 5.32. The van der Waals surface area contributed by atoms with E-state index >= 15 is 0 Å². The van der Waals surface area contributed by atoms with E-state index < -0.39 is 0 Å². The molecule has 118 valence electrons. The minimum Gasteiger partial charge on any atom is -0.392 e. The van der Waals surface area contributed by atoms with Crippen molar-refractivity contribution in [2.24, 2.45) is 11.3 Å². The zero-order valence-corrected chi connectivity index (χ0v) is 14.2. The summed E-state index contributed by atoms with van der Waals surface area (Å²) in [5, 5.41) is 10.9. The van der Waals surface area contributed by atoms with Gasteiger partial charge in [0.2, 0.25) is 0 Å². The average Bonchev–Trinajstić information content (AvgIpc) is 2.88. The zero-order chi connectivity index (χ0) is 15.5. The van der Waals surface area contributed by atoms with Crippen molar-refractivity contribution >= 4 is 0 Å². The Morgan fingerprint density at radius 3 is 2.05 bits per heavy atom. The number of hydrogen-bond acceptors (Lipinski definition) is 1. The van der Waals surface area contributed by atoms with Crippen LogP contribution in [-0.2, 0) is 6.42 Å². The summed E-state index contributed by atoms with van der Waals surface area (Å²) in [5.74, 6) is 1.24. The molecule has 0 heterocycles. The molecule has 1 unspecified atom stereocenters. The maximum atomic E-state index is 10.9. The summed E-state index contributed by atoms with van der Waals surface area (Å²) in [6.45, 7) is 9.01. The lowest BCUT2D eigenvalue weighted by molar-refractivity contribution is 0.0134. The van der Waals surface area contributed by atoms with Gasteiger partial charge in [-0.2, -0.15) is 0 Å². The average molecular weight is 288 g/mol. The topological polar surface area (TPSA) is 20.2 Å². The third-order valence-electron chi connectivity index (χ3n) is 5.20. The summed E-state index contributed by atoms with van der Waals surface area (Å²) in [4.78, 5) is 0. The first-order chi connectivity index (χ1) is 9.93. The van der Waals surface area contributed by atoms with E-state index in [1.165, 1.54) is 36.8 Å². The molecule has 0 aliphatic heterocycles. The SMILES string of the molecule is CC(C)CC1(C(O)Cc2ccc(C(C)C)cc2)CCCC1. The highest BCUT2D eigenvalue weighted by Gasteiger charge is 2.40. The minimum atomic E-state index is -0.188. The van der Waals surface area contributed by atoms with E-state index in [9.17, 15) is 5.11 Å². The molecule has 0 aromatic heterocycles. The Labute approximate surface area is 130 Å². The first-order valence-electron chi connectivity index (χ1n) is 8.70. The lowest BCUT2D eigenvalue weighted by Crippen LogP contribution is -2.35. The Hall–Kier alpha value is -0.820. The van der Waals surface area contributed by atoms with Gasteiger partial charge in [0.25, 0.3) is 0 Å². The van der Waals surface area contributed by atoms with Crippen molar-refractivity contribution in [1.29, 1.82) is 0 Å². The number of aliphatic hydroxyl groups is 1. The molecule has 1 aromatic carbocycles. The van der Waals surface area contributed by atoms with E-state index in [-0.39, 0.29) is 11.5 Å². The normalized spacial score (nSPS) is 19.4. The summed E-state index contributed by atoms with van der Waals surface area (Å²) in [6.07, 6.45) is 6.77. The van der Waals surface area contributed by atoms with Crippen molar-refractivity contribution in [3.05, 3.63) is 35.4 Å². The Bertz CT molecular complexity index is 424. The molecule has 1 fully saturated rings. The molecule has 0 bridgehead atoms. The molecule has 21 heavy (non-hydrogen) atoms. The fourth-order valence-electron chi connectivity index (χ4n) is 4.04. The van der Waals surface area contributed by atoms with Crippen molar-refractivity contribution in [2.75, 3.05) is 0 Å². The van der Waals surface area contributed by atoms with E-state index in [4.69, 9.17) is 0 Å². The molecule has 1 nitrogen and oxygen atoms in total. The van der Waals surface area contributed by atoms with Crippen LogP contribution in [-0.4, -0.2) is 11.2 Å². The van der Waals surface area contributed by atoms with Crippen molar-refractivity contribution in [2.45, 2.75) is 78.2 Å². The van der Waals surface area contributed by atoms with Crippen LogP contribution >= 0.6 is 0 Å². The second-order valence-electron chi connectivity index (χ2n) is 7.78. The molecule has 1 aromatic rings. The van der Waals surface area contributed by atoms with Crippen molar-refractivity contribution in [1.82, 2.24) is 0 Å². The molecular weight excluding hydrogens is 256 g/mol. The van der Waals surface area contributed by atoms with Crippen LogP contribution < -0.4 is 0 Å². The maximum Gasteiger partial charge on any atom is 0.0636 e. The number of rotatable bonds is 6. The van der Waals surface area contributed by atoms with Crippen LogP contribution in [0.4, 0.5) is 0 Å². The summed E-state index contributed by atoms with van der Waals surface area (Å²) >= 11 is 0. The second-order valence-corrected chi connectivity index (χ2v) is 7.78. The van der Waals surface area contributed by atoms with Gasteiger partial charge < -0.3 is 5.11 Å². The second kappa shape index (κ2) is 6.96. The number of hydrogen-bond donors (Lipinski definition) is 1. The van der Waals surface area contributed by atoms with Crippen LogP contribution in [0.1, 0.15) is 76.8 Å². The van der Waals surface area contributed by atoms with Gasteiger partial charge in [-0.15, -0.1) is 0 Å². The molecule has 1 saturated carbocycles. The number of aliphatic hydroxyl groups excluding tert-OH is 1. The predicted molar refractivity (Wildman–Crippen MR) is 90.6 cm³/mol. The minimum absolute atomic E-state index is 0.172. The molecule has 1 heteroatoms. The quantitative estimate of drug-likeness (QED) is 0.751. The fraction of sp³-hybridized carbons (Fsp3) is 0.700. The summed E-state index contributed by atoms with van der Waals surface area (Å²) < 4.78 is 0. The molecule has 0 radical (unpaired) electrons. The van der Waals surface area contributed by atoms with Gasteiger partial charge in [-0.3, -0.25) is 0 Å². The first kappa shape index (κ1) is 16.5. The zero-order valence-electron chi connectivity index (χ0n) is 14.2. The van der Waals surface area contributed by atoms with Crippen LogP contribution in [0.15, 0.2) is 24.3 Å². The van der Waals surface area contributed by atoms with E-state index in [2.05, 4.69) is 52.0 Å². The monoisotopic (exact) mass is 288 g/mol. The molecule has 1 aliphatic rings. The van der Waals surface area contributed by atoms with Crippen LogP contribution in [0, 0.1) is 11.3 Å². The van der Waals surface area contributed by atoms with Crippen LogP contribution in [0.2, 0.25) is 0 Å². The molecule has 0 spiro atoms. The highest BCUT2D eigenvalue weighted by atomic mass is 16.3. The number of benzene rings is 1. The van der Waals surface area contributed by atoms with Gasteiger partial charge in [0, 0.05) is 0 Å². The van der Waals surface area contributed by atoms with Crippen molar-refractivity contribution < 1.29 is 5.11 Å². The third-order valence-corrected chi connectivity index (χ3v) is 5.20. The Balaban J connectivity index is 2.06. The lowest BCUT2D eigenvalue weighted by atomic mass is 9.72. The summed E-state index contributed by atoms with van der Waals surface area (Å²) in [5.41, 5.74) is 2.83. The van der Waals surface area contributed by atoms with E-state index in [1.807, 2.05) is 0 Å². The highest BCUT2D eigenvalue weighted by molar-refractivity contribution is 5.25. The van der Waals surface area contributed by atoms with Crippen molar-refractivity contribution in [3.63, 3.8) is 0 Å². The third kappa shape index (κ3) is 4.10. The molecule has 1 aliphatic carbocycles. The van der Waals surface area contributed by atoms with Crippen molar-refractivity contribution in [3.8, 4) is 0 Å². The van der Waals surface area contributed by atoms with Gasteiger partial charge in [0.05, 0.1) is 6.10 Å². The lowest BCUT2D eigenvalue weighted by Gasteiger charge is -2.36. The van der Waals surface area contributed by atoms with Gasteiger partial charge in [0.1, 0.15) is 0 Å².